The molecule has 0 aromatic heterocycles. The average Bonchev–Trinajstić information content (AvgIpc) is 3.11. The van der Waals surface area contributed by atoms with E-state index in [2.05, 4.69) is 59.2 Å². The molecule has 0 N–H and O–H groups in total. The Morgan fingerprint density at radius 2 is 1.58 bits per heavy atom. The van der Waals surface area contributed by atoms with Gasteiger partial charge in [0.25, 0.3) is 0 Å². The summed E-state index contributed by atoms with van der Waals surface area (Å²) in [6, 6.07) is 16.9. The quantitative estimate of drug-likeness (QED) is 0.849. The minimum Gasteiger partial charge on any atom is -0.369 e. The van der Waals surface area contributed by atoms with Crippen molar-refractivity contribution in [1.82, 2.24) is 4.90 Å². The molecule has 0 atom stereocenters. The zero-order valence-corrected chi connectivity index (χ0v) is 15.5. The Balaban J connectivity index is 1.28. The molecule has 0 aliphatic carbocycles. The summed E-state index contributed by atoms with van der Waals surface area (Å²) in [7, 11) is 0. The van der Waals surface area contributed by atoms with Gasteiger partial charge in [-0.25, -0.2) is 0 Å². The van der Waals surface area contributed by atoms with Crippen molar-refractivity contribution in [3.63, 3.8) is 0 Å². The molecule has 0 spiro atoms. The zero-order chi connectivity index (χ0) is 17.9. The zero-order valence-electron chi connectivity index (χ0n) is 15.5. The summed E-state index contributed by atoms with van der Waals surface area (Å²) >= 11 is 0. The van der Waals surface area contributed by atoms with Gasteiger partial charge >= 0.3 is 0 Å². The van der Waals surface area contributed by atoms with E-state index < -0.39 is 0 Å². The van der Waals surface area contributed by atoms with Gasteiger partial charge in [-0.3, -0.25) is 9.69 Å². The van der Waals surface area contributed by atoms with E-state index in [9.17, 15) is 4.79 Å². The molecule has 0 saturated carbocycles. The summed E-state index contributed by atoms with van der Waals surface area (Å²) in [4.78, 5) is 19.5. The number of para-hydroxylation sites is 2. The van der Waals surface area contributed by atoms with E-state index in [1.165, 1.54) is 16.8 Å². The SMILES string of the molecule is Cc1ccccc1N1CCN(CCC(=O)N2CCc3ccccc32)CC1. The van der Waals surface area contributed by atoms with Gasteiger partial charge in [0.05, 0.1) is 0 Å². The fourth-order valence-electron chi connectivity index (χ4n) is 4.12. The molecule has 2 aromatic rings. The molecule has 4 heteroatoms. The first-order chi connectivity index (χ1) is 12.7. The number of carbonyl (C=O) groups excluding carboxylic acids is 1. The number of aryl methyl sites for hydroxylation is 1. The summed E-state index contributed by atoms with van der Waals surface area (Å²) < 4.78 is 0. The van der Waals surface area contributed by atoms with Gasteiger partial charge in [0.15, 0.2) is 0 Å². The van der Waals surface area contributed by atoms with Crippen molar-refractivity contribution < 1.29 is 4.79 Å². The highest BCUT2D eigenvalue weighted by Crippen LogP contribution is 2.28. The van der Waals surface area contributed by atoms with Crippen LogP contribution in [0.2, 0.25) is 0 Å². The first kappa shape index (κ1) is 17.1. The molecule has 0 unspecified atom stereocenters. The molecule has 26 heavy (non-hydrogen) atoms. The lowest BCUT2D eigenvalue weighted by Gasteiger charge is -2.36. The van der Waals surface area contributed by atoms with Crippen molar-refractivity contribution >= 4 is 17.3 Å². The van der Waals surface area contributed by atoms with E-state index in [0.717, 1.165) is 51.4 Å². The Morgan fingerprint density at radius 1 is 0.885 bits per heavy atom. The second-order valence-corrected chi connectivity index (χ2v) is 7.29. The number of rotatable bonds is 4. The number of hydrogen-bond acceptors (Lipinski definition) is 3. The lowest BCUT2D eigenvalue weighted by Crippen LogP contribution is -2.47. The Bertz CT molecular complexity index is 780. The lowest BCUT2D eigenvalue weighted by atomic mass is 10.1. The second-order valence-electron chi connectivity index (χ2n) is 7.29. The number of nitrogens with zero attached hydrogens (tertiary/aromatic N) is 3. The molecule has 2 aromatic carbocycles. The van der Waals surface area contributed by atoms with Crippen LogP contribution < -0.4 is 9.80 Å². The van der Waals surface area contributed by atoms with Gasteiger partial charge in [0.2, 0.25) is 5.91 Å². The molecule has 4 rings (SSSR count). The van der Waals surface area contributed by atoms with Crippen LogP contribution in [0.15, 0.2) is 48.5 Å². The summed E-state index contributed by atoms with van der Waals surface area (Å²) in [5.74, 6) is 0.260. The summed E-state index contributed by atoms with van der Waals surface area (Å²) in [6.45, 7) is 7.99. The Kier molecular flexibility index (Phi) is 4.93. The van der Waals surface area contributed by atoms with Crippen molar-refractivity contribution in [2.75, 3.05) is 49.1 Å². The van der Waals surface area contributed by atoms with Gasteiger partial charge in [0, 0.05) is 57.1 Å². The fraction of sp³-hybridized carbons (Fsp3) is 0.409. The van der Waals surface area contributed by atoms with E-state index in [-0.39, 0.29) is 5.91 Å². The van der Waals surface area contributed by atoms with Gasteiger partial charge in [-0.2, -0.15) is 0 Å². The molecule has 0 radical (unpaired) electrons. The molecule has 136 valence electrons. The van der Waals surface area contributed by atoms with Crippen LogP contribution in [0.25, 0.3) is 0 Å². The van der Waals surface area contributed by atoms with Crippen LogP contribution in [0.1, 0.15) is 17.5 Å². The standard InChI is InChI=1S/C22H27N3O/c1-18-6-2-4-8-20(18)24-16-14-23(15-17-24)12-11-22(26)25-13-10-19-7-3-5-9-21(19)25/h2-9H,10-17H2,1H3. The molecule has 2 aliphatic rings. The Labute approximate surface area is 156 Å². The summed E-state index contributed by atoms with van der Waals surface area (Å²) in [5, 5.41) is 0. The van der Waals surface area contributed by atoms with Crippen LogP contribution in [-0.2, 0) is 11.2 Å². The van der Waals surface area contributed by atoms with Gasteiger partial charge in [-0.05, 0) is 36.6 Å². The van der Waals surface area contributed by atoms with E-state index in [0.29, 0.717) is 6.42 Å². The van der Waals surface area contributed by atoms with Crippen LogP contribution >= 0.6 is 0 Å². The molecule has 0 bridgehead atoms. The predicted octanol–water partition coefficient (Wildman–Crippen LogP) is 3.10. The number of amides is 1. The van der Waals surface area contributed by atoms with Crippen LogP contribution in [-0.4, -0.2) is 50.1 Å². The highest BCUT2D eigenvalue weighted by atomic mass is 16.2. The minimum atomic E-state index is 0.260. The van der Waals surface area contributed by atoms with Crippen molar-refractivity contribution in [3.05, 3.63) is 59.7 Å². The van der Waals surface area contributed by atoms with E-state index >= 15 is 0 Å². The Morgan fingerprint density at radius 3 is 2.35 bits per heavy atom. The number of benzene rings is 2. The van der Waals surface area contributed by atoms with Gasteiger partial charge in [-0.15, -0.1) is 0 Å². The molecule has 1 fully saturated rings. The Hall–Kier alpha value is -2.33. The second kappa shape index (κ2) is 7.50. The third kappa shape index (κ3) is 3.47. The van der Waals surface area contributed by atoms with E-state index in [1.54, 1.807) is 0 Å². The van der Waals surface area contributed by atoms with E-state index in [1.807, 2.05) is 11.0 Å². The van der Waals surface area contributed by atoms with Gasteiger partial charge < -0.3 is 9.80 Å². The maximum atomic E-state index is 12.7. The van der Waals surface area contributed by atoms with E-state index in [4.69, 9.17) is 0 Å². The van der Waals surface area contributed by atoms with Crippen LogP contribution in [0.4, 0.5) is 11.4 Å². The number of carbonyl (C=O) groups is 1. The van der Waals surface area contributed by atoms with Crippen LogP contribution in [0, 0.1) is 6.92 Å². The number of hydrogen-bond donors (Lipinski definition) is 0. The number of anilines is 2. The maximum Gasteiger partial charge on any atom is 0.228 e. The normalized spacial score (nSPS) is 17.4. The predicted molar refractivity (Wildman–Crippen MR) is 107 cm³/mol. The molecular weight excluding hydrogens is 322 g/mol. The van der Waals surface area contributed by atoms with Gasteiger partial charge in [0.1, 0.15) is 0 Å². The highest BCUT2D eigenvalue weighted by Gasteiger charge is 2.25. The van der Waals surface area contributed by atoms with Crippen molar-refractivity contribution in [2.45, 2.75) is 19.8 Å². The minimum absolute atomic E-state index is 0.260. The molecule has 4 nitrogen and oxygen atoms in total. The average molecular weight is 349 g/mol. The number of piperazine rings is 1. The first-order valence-electron chi connectivity index (χ1n) is 9.63. The first-order valence-corrected chi connectivity index (χ1v) is 9.63. The van der Waals surface area contributed by atoms with Crippen molar-refractivity contribution in [3.8, 4) is 0 Å². The summed E-state index contributed by atoms with van der Waals surface area (Å²) in [6.07, 6.45) is 1.59. The molecule has 2 aliphatic heterocycles. The lowest BCUT2D eigenvalue weighted by molar-refractivity contribution is -0.118. The topological polar surface area (TPSA) is 26.8 Å². The third-order valence-corrected chi connectivity index (χ3v) is 5.66. The number of fused-ring (bicyclic) bond motifs is 1. The third-order valence-electron chi connectivity index (χ3n) is 5.66. The molecule has 1 amide bonds. The maximum absolute atomic E-state index is 12.7. The van der Waals surface area contributed by atoms with Crippen molar-refractivity contribution in [1.29, 1.82) is 0 Å². The van der Waals surface area contributed by atoms with Gasteiger partial charge in [-0.1, -0.05) is 36.4 Å². The van der Waals surface area contributed by atoms with Crippen LogP contribution in [0.3, 0.4) is 0 Å². The molecule has 1 saturated heterocycles. The summed E-state index contributed by atoms with van der Waals surface area (Å²) in [5.41, 5.74) is 5.09. The molecular formula is C22H27N3O. The highest BCUT2D eigenvalue weighted by molar-refractivity contribution is 5.95. The molecule has 2 heterocycles. The fourth-order valence-corrected chi connectivity index (χ4v) is 4.12. The largest absolute Gasteiger partial charge is 0.369 e. The van der Waals surface area contributed by atoms with Crippen molar-refractivity contribution in [2.24, 2.45) is 0 Å². The smallest absolute Gasteiger partial charge is 0.228 e. The monoisotopic (exact) mass is 349 g/mol. The van der Waals surface area contributed by atoms with Crippen LogP contribution in [0.5, 0.6) is 0 Å².